The van der Waals surface area contributed by atoms with Crippen molar-refractivity contribution in [2.45, 2.75) is 118 Å². The van der Waals surface area contributed by atoms with Crippen molar-refractivity contribution < 1.29 is 14.6 Å². The van der Waals surface area contributed by atoms with Crippen LogP contribution in [0.4, 0.5) is 0 Å². The molecule has 204 valence electrons. The molecule has 1 aromatic carbocycles. The first-order valence-electron chi connectivity index (χ1n) is 14.6. The Morgan fingerprint density at radius 1 is 0.944 bits per heavy atom. The Hall–Kier alpha value is -1.07. The summed E-state index contributed by atoms with van der Waals surface area (Å²) in [6.07, 6.45) is 14.2. The maximum absolute atomic E-state index is 12.6. The second-order valence-corrected chi connectivity index (χ2v) is 23.8. The van der Waals surface area contributed by atoms with Crippen molar-refractivity contribution in [3.8, 4) is 0 Å². The fraction of sp³-hybridized carbons (Fsp3) is 0.656. The Labute approximate surface area is 226 Å². The Morgan fingerprint density at radius 3 is 2.00 bits per heavy atom. The van der Waals surface area contributed by atoms with E-state index in [1.165, 1.54) is 57.9 Å². The quantitative estimate of drug-likeness (QED) is 0.0973. The molecule has 0 spiro atoms. The van der Waals surface area contributed by atoms with Crippen LogP contribution in [0.15, 0.2) is 46.6 Å². The zero-order valence-electron chi connectivity index (χ0n) is 24.0. The van der Waals surface area contributed by atoms with Crippen LogP contribution in [-0.4, -0.2) is 41.7 Å². The van der Waals surface area contributed by atoms with Gasteiger partial charge in [0.2, 0.25) is 0 Å². The van der Waals surface area contributed by atoms with Crippen LogP contribution in [0.2, 0.25) is 13.3 Å². The number of benzene rings is 1. The molecule has 0 amide bonds. The van der Waals surface area contributed by atoms with E-state index in [9.17, 15) is 9.90 Å². The van der Waals surface area contributed by atoms with Gasteiger partial charge < -0.3 is 0 Å². The Kier molecular flexibility index (Phi) is 17.5. The topological polar surface area (TPSA) is 46.5 Å². The van der Waals surface area contributed by atoms with Crippen LogP contribution in [0.25, 0.3) is 6.08 Å². The SMILES string of the molecule is CCC[CH2][Sn](/[CH]=C/C[C@H](O)[C@H](C)[C@H](OC(=O)/C=C/c1ccccc1)[C@@H](C)CC)([CH2]CCC)[CH2]CCC. The summed E-state index contributed by atoms with van der Waals surface area (Å²) in [7, 11) is 0. The molecule has 0 bridgehead atoms. The average Bonchev–Trinajstić information content (AvgIpc) is 2.90. The third-order valence-corrected chi connectivity index (χ3v) is 22.0. The molecular formula is C32H54O3Sn. The molecule has 4 heteroatoms. The van der Waals surface area contributed by atoms with Crippen LogP contribution < -0.4 is 0 Å². The molecule has 0 saturated heterocycles. The maximum atomic E-state index is 12.6. The van der Waals surface area contributed by atoms with Crippen molar-refractivity contribution in [1.82, 2.24) is 0 Å². The van der Waals surface area contributed by atoms with Gasteiger partial charge in [0.15, 0.2) is 0 Å². The zero-order valence-corrected chi connectivity index (χ0v) is 26.9. The summed E-state index contributed by atoms with van der Waals surface area (Å²) in [5.74, 6) is -0.275. The standard InChI is InChI=1S/C20H27O3.3C4H9.Sn/c1-5-10-18(21)16(4)20(15(3)6-2)23-19(22)14-13-17-11-8-7-9-12-17;3*1-3-4-2;/h1,5,7-9,11-16,18,20-21H,6,10H2,2-4H3;3*1,3-4H2,2H3;/b5-1?,14-13+;;;;/t15-,16-,18-,20+;;;;/m0..../s1. The van der Waals surface area contributed by atoms with E-state index in [-0.39, 0.29) is 23.9 Å². The Bertz CT molecular complexity index is 736. The van der Waals surface area contributed by atoms with Gasteiger partial charge in [-0.25, -0.2) is 0 Å². The summed E-state index contributed by atoms with van der Waals surface area (Å²) >= 11 is -2.35. The summed E-state index contributed by atoms with van der Waals surface area (Å²) in [6.45, 7) is 13.2. The summed E-state index contributed by atoms with van der Waals surface area (Å²) in [5.41, 5.74) is 0.969. The first-order chi connectivity index (χ1) is 17.3. The molecule has 1 N–H and O–H groups in total. The molecule has 1 rings (SSSR count). The van der Waals surface area contributed by atoms with E-state index < -0.39 is 24.5 Å². The minimum absolute atomic E-state index is 0.120. The van der Waals surface area contributed by atoms with Gasteiger partial charge in [0.25, 0.3) is 0 Å². The minimum atomic E-state index is -2.35. The van der Waals surface area contributed by atoms with Crippen molar-refractivity contribution in [3.05, 3.63) is 52.1 Å². The number of ether oxygens (including phenoxy) is 1. The number of aliphatic hydroxyl groups excluding tert-OH is 1. The van der Waals surface area contributed by atoms with Crippen molar-refractivity contribution in [3.63, 3.8) is 0 Å². The average molecular weight is 605 g/mol. The molecule has 0 aliphatic carbocycles. The molecule has 0 saturated carbocycles. The molecular weight excluding hydrogens is 551 g/mol. The molecule has 0 aliphatic rings. The van der Waals surface area contributed by atoms with Crippen molar-refractivity contribution in [2.75, 3.05) is 0 Å². The molecule has 0 aromatic heterocycles. The molecule has 0 fully saturated rings. The molecule has 1 aromatic rings. The summed E-state index contributed by atoms with van der Waals surface area (Å²) in [6, 6.07) is 9.77. The van der Waals surface area contributed by atoms with Gasteiger partial charge in [0.05, 0.1) is 0 Å². The van der Waals surface area contributed by atoms with Gasteiger partial charge in [-0.3, -0.25) is 0 Å². The predicted octanol–water partition coefficient (Wildman–Crippen LogP) is 8.99. The van der Waals surface area contributed by atoms with Crippen LogP contribution in [0.3, 0.4) is 0 Å². The van der Waals surface area contributed by atoms with Crippen LogP contribution >= 0.6 is 0 Å². The van der Waals surface area contributed by atoms with Gasteiger partial charge >= 0.3 is 209 Å². The van der Waals surface area contributed by atoms with Crippen LogP contribution in [0.5, 0.6) is 0 Å². The van der Waals surface area contributed by atoms with Crippen molar-refractivity contribution >= 4 is 30.4 Å². The number of hydrogen-bond donors (Lipinski definition) is 1. The number of carbonyl (C=O) groups is 1. The zero-order chi connectivity index (χ0) is 26.8. The number of carbonyl (C=O) groups excluding carboxylic acids is 1. The number of unbranched alkanes of at least 4 members (excludes halogenated alkanes) is 3. The van der Waals surface area contributed by atoms with E-state index in [0.29, 0.717) is 6.42 Å². The van der Waals surface area contributed by atoms with Gasteiger partial charge in [-0.15, -0.1) is 0 Å². The van der Waals surface area contributed by atoms with E-state index in [0.717, 1.165) is 12.0 Å². The van der Waals surface area contributed by atoms with Gasteiger partial charge in [0.1, 0.15) is 0 Å². The monoisotopic (exact) mass is 606 g/mol. The van der Waals surface area contributed by atoms with E-state index in [1.54, 1.807) is 6.08 Å². The van der Waals surface area contributed by atoms with E-state index >= 15 is 0 Å². The summed E-state index contributed by atoms with van der Waals surface area (Å²) < 4.78 is 12.9. The first-order valence-corrected chi connectivity index (χ1v) is 22.3. The van der Waals surface area contributed by atoms with Gasteiger partial charge in [-0.1, -0.05) is 18.2 Å². The third kappa shape index (κ3) is 12.4. The Balaban J connectivity index is 2.89. The van der Waals surface area contributed by atoms with E-state index in [4.69, 9.17) is 4.74 Å². The van der Waals surface area contributed by atoms with E-state index in [1.807, 2.05) is 37.3 Å². The molecule has 3 nitrogen and oxygen atoms in total. The van der Waals surface area contributed by atoms with Gasteiger partial charge in [0, 0.05) is 0 Å². The normalized spacial score (nSPS) is 15.8. The van der Waals surface area contributed by atoms with Crippen molar-refractivity contribution in [1.29, 1.82) is 0 Å². The molecule has 0 unspecified atom stereocenters. The molecule has 4 atom stereocenters. The Morgan fingerprint density at radius 2 is 1.50 bits per heavy atom. The number of aliphatic hydroxyl groups is 1. The summed E-state index contributed by atoms with van der Waals surface area (Å²) in [4.78, 5) is 12.6. The number of rotatable bonds is 19. The fourth-order valence-electron chi connectivity index (χ4n) is 4.98. The first kappa shape index (κ1) is 33.0. The molecule has 36 heavy (non-hydrogen) atoms. The summed E-state index contributed by atoms with van der Waals surface area (Å²) in [5, 5.41) is 11.1. The molecule has 0 radical (unpaired) electrons. The van der Waals surface area contributed by atoms with Gasteiger partial charge in [-0.2, -0.15) is 0 Å². The fourth-order valence-corrected chi connectivity index (χ4v) is 19.4. The van der Waals surface area contributed by atoms with Crippen molar-refractivity contribution in [2.24, 2.45) is 11.8 Å². The molecule has 0 heterocycles. The second-order valence-electron chi connectivity index (χ2n) is 10.8. The van der Waals surface area contributed by atoms with E-state index in [2.05, 4.69) is 44.8 Å². The molecule has 0 aliphatic heterocycles. The third-order valence-electron chi connectivity index (χ3n) is 7.73. The number of esters is 1. The van der Waals surface area contributed by atoms with Gasteiger partial charge in [-0.05, 0) is 0 Å². The predicted molar refractivity (Wildman–Crippen MR) is 159 cm³/mol. The second kappa shape index (κ2) is 19.1. The van der Waals surface area contributed by atoms with Crippen LogP contribution in [0, 0.1) is 11.8 Å². The van der Waals surface area contributed by atoms with Crippen LogP contribution in [0.1, 0.15) is 98.5 Å². The number of hydrogen-bond acceptors (Lipinski definition) is 3. The van der Waals surface area contributed by atoms with Crippen LogP contribution in [-0.2, 0) is 9.53 Å².